The van der Waals surface area contributed by atoms with Crippen molar-refractivity contribution in [2.75, 3.05) is 33.8 Å². The molecule has 1 aliphatic rings. The Bertz CT molecular complexity index is 434. The van der Waals surface area contributed by atoms with E-state index in [-0.39, 0.29) is 0 Å². The van der Waals surface area contributed by atoms with Gasteiger partial charge in [-0.3, -0.25) is 0 Å². The minimum Gasteiger partial charge on any atom is -0.493 e. The van der Waals surface area contributed by atoms with Crippen LogP contribution in [0.2, 0.25) is 5.02 Å². The lowest BCUT2D eigenvalue weighted by molar-refractivity contribution is 0.251. The maximum Gasteiger partial charge on any atom is 0.124 e. The number of ether oxygens (including phenoxy) is 1. The normalized spacial score (nSPS) is 18.3. The van der Waals surface area contributed by atoms with E-state index in [4.69, 9.17) is 16.3 Å². The summed E-state index contributed by atoms with van der Waals surface area (Å²) in [7, 11) is 4.21. The van der Waals surface area contributed by atoms with Crippen LogP contribution in [0, 0.1) is 6.92 Å². The van der Waals surface area contributed by atoms with Crippen molar-refractivity contribution in [3.8, 4) is 5.75 Å². The van der Waals surface area contributed by atoms with E-state index in [1.807, 2.05) is 13.0 Å². The third kappa shape index (κ3) is 3.85. The molecule has 0 fully saturated rings. The van der Waals surface area contributed by atoms with Crippen LogP contribution in [0.4, 0.5) is 0 Å². The number of nitrogens with zero attached hydrogens (tertiary/aromatic N) is 1. The Morgan fingerprint density at radius 3 is 2.95 bits per heavy atom. The van der Waals surface area contributed by atoms with Crippen LogP contribution in [0.25, 0.3) is 0 Å². The Kier molecular flexibility index (Phi) is 5.08. The van der Waals surface area contributed by atoms with Crippen LogP contribution in [0.15, 0.2) is 12.1 Å². The molecule has 1 aliphatic heterocycles. The van der Waals surface area contributed by atoms with Gasteiger partial charge in [-0.1, -0.05) is 11.6 Å². The summed E-state index contributed by atoms with van der Waals surface area (Å²) in [5, 5.41) is 4.44. The van der Waals surface area contributed by atoms with Gasteiger partial charge in [0.15, 0.2) is 0 Å². The highest BCUT2D eigenvalue weighted by atomic mass is 35.5. The lowest BCUT2D eigenvalue weighted by atomic mass is 9.99. The molecule has 19 heavy (non-hydrogen) atoms. The molecular weight excluding hydrogens is 260 g/mol. The van der Waals surface area contributed by atoms with Crippen LogP contribution in [-0.2, 0) is 0 Å². The van der Waals surface area contributed by atoms with E-state index in [1.54, 1.807) is 0 Å². The van der Waals surface area contributed by atoms with Crippen molar-refractivity contribution in [1.29, 1.82) is 0 Å². The topological polar surface area (TPSA) is 24.5 Å². The van der Waals surface area contributed by atoms with Gasteiger partial charge in [0, 0.05) is 23.0 Å². The Balaban J connectivity index is 1.99. The van der Waals surface area contributed by atoms with Crippen molar-refractivity contribution in [2.24, 2.45) is 0 Å². The quantitative estimate of drug-likeness (QED) is 0.840. The first kappa shape index (κ1) is 14.6. The van der Waals surface area contributed by atoms with Gasteiger partial charge in [0.05, 0.1) is 6.61 Å². The van der Waals surface area contributed by atoms with Crippen molar-refractivity contribution in [1.82, 2.24) is 10.2 Å². The van der Waals surface area contributed by atoms with E-state index >= 15 is 0 Å². The number of aryl methyl sites for hydroxylation is 1. The zero-order chi connectivity index (χ0) is 13.8. The number of benzene rings is 1. The van der Waals surface area contributed by atoms with Crippen molar-refractivity contribution in [3.05, 3.63) is 28.3 Å². The molecule has 0 radical (unpaired) electrons. The van der Waals surface area contributed by atoms with Gasteiger partial charge >= 0.3 is 0 Å². The van der Waals surface area contributed by atoms with Gasteiger partial charge in [0.2, 0.25) is 0 Å². The van der Waals surface area contributed by atoms with E-state index in [9.17, 15) is 0 Å². The first-order chi connectivity index (χ1) is 9.08. The maximum absolute atomic E-state index is 6.22. The van der Waals surface area contributed by atoms with Crippen molar-refractivity contribution < 1.29 is 4.74 Å². The molecule has 1 heterocycles. The highest BCUT2D eigenvalue weighted by Crippen LogP contribution is 2.35. The Hall–Kier alpha value is -0.770. The first-order valence-corrected chi connectivity index (χ1v) is 7.26. The van der Waals surface area contributed by atoms with Gasteiger partial charge < -0.3 is 15.0 Å². The second kappa shape index (κ2) is 6.60. The van der Waals surface area contributed by atoms with Crippen LogP contribution in [0.5, 0.6) is 5.75 Å². The molecule has 1 unspecified atom stereocenters. The smallest absolute Gasteiger partial charge is 0.124 e. The average molecular weight is 283 g/mol. The molecule has 1 N–H and O–H groups in total. The highest BCUT2D eigenvalue weighted by Gasteiger charge is 2.21. The molecule has 0 saturated heterocycles. The molecule has 3 nitrogen and oxygen atoms in total. The summed E-state index contributed by atoms with van der Waals surface area (Å²) < 4.78 is 5.73. The molecule has 0 bridgehead atoms. The molecule has 2 rings (SSSR count). The third-order valence-electron chi connectivity index (χ3n) is 3.50. The zero-order valence-corrected chi connectivity index (χ0v) is 12.8. The number of hydrogen-bond acceptors (Lipinski definition) is 3. The fourth-order valence-corrected chi connectivity index (χ4v) is 2.57. The minimum atomic E-state index is 0.365. The largest absolute Gasteiger partial charge is 0.493 e. The van der Waals surface area contributed by atoms with Crippen molar-refractivity contribution in [3.63, 3.8) is 0 Å². The third-order valence-corrected chi connectivity index (χ3v) is 3.91. The van der Waals surface area contributed by atoms with Gasteiger partial charge in [0.25, 0.3) is 0 Å². The molecular formula is C15H23ClN2O. The summed E-state index contributed by atoms with van der Waals surface area (Å²) in [6.45, 7) is 4.92. The fourth-order valence-electron chi connectivity index (χ4n) is 2.39. The van der Waals surface area contributed by atoms with Gasteiger partial charge in [0.1, 0.15) is 5.75 Å². The second-order valence-corrected chi connectivity index (χ2v) is 5.85. The molecule has 106 valence electrons. The number of nitrogens with one attached hydrogen (secondary N) is 1. The Labute approximate surface area is 120 Å². The minimum absolute atomic E-state index is 0.365. The van der Waals surface area contributed by atoms with E-state index in [0.29, 0.717) is 6.04 Å². The number of fused-ring (bicyclic) bond motifs is 1. The van der Waals surface area contributed by atoms with E-state index < -0.39 is 0 Å². The van der Waals surface area contributed by atoms with Crippen LogP contribution in [0.3, 0.4) is 0 Å². The predicted molar refractivity (Wildman–Crippen MR) is 80.2 cm³/mol. The van der Waals surface area contributed by atoms with Crippen LogP contribution >= 0.6 is 11.6 Å². The molecule has 1 aromatic rings. The van der Waals surface area contributed by atoms with Crippen LogP contribution in [0.1, 0.15) is 30.0 Å². The molecule has 0 spiro atoms. The Morgan fingerprint density at radius 1 is 1.42 bits per heavy atom. The van der Waals surface area contributed by atoms with Gasteiger partial charge in [-0.05, 0) is 58.2 Å². The van der Waals surface area contributed by atoms with Gasteiger partial charge in [-0.15, -0.1) is 0 Å². The summed E-state index contributed by atoms with van der Waals surface area (Å²) in [5.41, 5.74) is 2.28. The standard InChI is InChI=1S/C15H23ClN2O/c1-11-9-15-12(10-13(11)16)14(5-8-19-15)17-6-4-7-18(2)3/h9-10,14,17H,4-8H2,1-3H3. The lowest BCUT2D eigenvalue weighted by Crippen LogP contribution is -2.29. The van der Waals surface area contributed by atoms with Crippen LogP contribution < -0.4 is 10.1 Å². The maximum atomic E-state index is 6.22. The lowest BCUT2D eigenvalue weighted by Gasteiger charge is -2.27. The first-order valence-electron chi connectivity index (χ1n) is 6.89. The fraction of sp³-hybridized carbons (Fsp3) is 0.600. The van der Waals surface area contributed by atoms with Crippen molar-refractivity contribution >= 4 is 11.6 Å². The van der Waals surface area contributed by atoms with Gasteiger partial charge in [-0.25, -0.2) is 0 Å². The number of rotatable bonds is 5. The van der Waals surface area contributed by atoms with Crippen LogP contribution in [-0.4, -0.2) is 38.7 Å². The highest BCUT2D eigenvalue weighted by molar-refractivity contribution is 6.31. The molecule has 0 amide bonds. The van der Waals surface area contributed by atoms with E-state index in [2.05, 4.69) is 30.4 Å². The summed E-state index contributed by atoms with van der Waals surface area (Å²) in [6.07, 6.45) is 2.16. The number of halogens is 1. The average Bonchev–Trinajstić information content (AvgIpc) is 2.36. The summed E-state index contributed by atoms with van der Waals surface area (Å²) >= 11 is 6.22. The molecule has 0 aromatic heterocycles. The second-order valence-electron chi connectivity index (χ2n) is 5.44. The van der Waals surface area contributed by atoms with E-state index in [1.165, 1.54) is 5.56 Å². The molecule has 0 saturated carbocycles. The monoisotopic (exact) mass is 282 g/mol. The Morgan fingerprint density at radius 2 is 2.21 bits per heavy atom. The van der Waals surface area contributed by atoms with Crippen molar-refractivity contribution in [2.45, 2.75) is 25.8 Å². The summed E-state index contributed by atoms with van der Waals surface area (Å²) in [5.74, 6) is 0.984. The van der Waals surface area contributed by atoms with Gasteiger partial charge in [-0.2, -0.15) is 0 Å². The SMILES string of the molecule is Cc1cc2c(cc1Cl)C(NCCCN(C)C)CCO2. The molecule has 4 heteroatoms. The molecule has 0 aliphatic carbocycles. The van der Waals surface area contributed by atoms with E-state index in [0.717, 1.165) is 48.9 Å². The number of hydrogen-bond donors (Lipinski definition) is 1. The molecule has 1 atom stereocenters. The molecule has 1 aromatic carbocycles. The predicted octanol–water partition coefficient (Wildman–Crippen LogP) is 3.01. The summed E-state index contributed by atoms with van der Waals surface area (Å²) in [4.78, 5) is 2.21. The summed E-state index contributed by atoms with van der Waals surface area (Å²) in [6, 6.07) is 4.46. The zero-order valence-electron chi connectivity index (χ0n) is 12.0.